The van der Waals surface area contributed by atoms with Gasteiger partial charge < -0.3 is 15.1 Å². The summed E-state index contributed by atoms with van der Waals surface area (Å²) in [6.45, 7) is 2.35. The van der Waals surface area contributed by atoms with E-state index in [-0.39, 0.29) is 22.6 Å². The summed E-state index contributed by atoms with van der Waals surface area (Å²) in [5.41, 5.74) is 0.273. The van der Waals surface area contributed by atoms with Crippen molar-refractivity contribution in [2.75, 3.05) is 6.54 Å². The van der Waals surface area contributed by atoms with E-state index in [1.54, 1.807) is 12.1 Å². The van der Waals surface area contributed by atoms with E-state index in [9.17, 15) is 29.9 Å². The third kappa shape index (κ3) is 4.03. The van der Waals surface area contributed by atoms with Crippen LogP contribution in [0.1, 0.15) is 43.4 Å². The summed E-state index contributed by atoms with van der Waals surface area (Å²) in [4.78, 5) is 37.5. The molecule has 30 heavy (non-hydrogen) atoms. The minimum absolute atomic E-state index is 0.0281. The number of rotatable bonds is 7. The van der Waals surface area contributed by atoms with Crippen molar-refractivity contribution >= 4 is 23.1 Å². The van der Waals surface area contributed by atoms with Gasteiger partial charge in [0.05, 0.1) is 16.5 Å². The van der Waals surface area contributed by atoms with Gasteiger partial charge in [-0.15, -0.1) is 0 Å². The molecule has 8 nitrogen and oxygen atoms in total. The van der Waals surface area contributed by atoms with Crippen molar-refractivity contribution in [1.82, 2.24) is 4.90 Å². The number of aliphatic hydroxyl groups excluding tert-OH is 1. The molecule has 8 heteroatoms. The van der Waals surface area contributed by atoms with Gasteiger partial charge in [0, 0.05) is 24.2 Å². The molecule has 1 unspecified atom stereocenters. The van der Waals surface area contributed by atoms with Gasteiger partial charge in [0.15, 0.2) is 0 Å². The number of hydrogen-bond acceptors (Lipinski definition) is 6. The molecule has 1 saturated heterocycles. The van der Waals surface area contributed by atoms with Crippen LogP contribution in [0.5, 0.6) is 5.75 Å². The van der Waals surface area contributed by atoms with Gasteiger partial charge in [-0.25, -0.2) is 0 Å². The number of Topliss-reactive ketones (excluding diaryl/α,β-unsaturated/α-hetero) is 1. The highest BCUT2D eigenvalue weighted by Gasteiger charge is 2.45. The Hall–Kier alpha value is -3.68. The smallest absolute Gasteiger partial charge is 0.295 e. The quantitative estimate of drug-likeness (QED) is 0.178. The normalized spacial score (nSPS) is 18.0. The number of unbranched alkanes of at least 4 members (excludes halogenated alkanes) is 2. The van der Waals surface area contributed by atoms with Crippen molar-refractivity contribution in [3.8, 4) is 5.75 Å². The Labute approximate surface area is 173 Å². The number of carbonyl (C=O) groups excluding carboxylic acids is 2. The zero-order valence-corrected chi connectivity index (χ0v) is 16.4. The van der Waals surface area contributed by atoms with Gasteiger partial charge in [0.2, 0.25) is 0 Å². The second-order valence-electron chi connectivity index (χ2n) is 7.10. The van der Waals surface area contributed by atoms with E-state index in [0.717, 1.165) is 18.9 Å². The molecule has 1 aliphatic rings. The van der Waals surface area contributed by atoms with Crippen LogP contribution in [0.15, 0.2) is 54.1 Å². The van der Waals surface area contributed by atoms with E-state index >= 15 is 0 Å². The summed E-state index contributed by atoms with van der Waals surface area (Å²) in [6, 6.07) is 10.5. The number of phenols is 1. The minimum atomic E-state index is -0.846. The molecular weight excluding hydrogens is 388 g/mol. The largest absolute Gasteiger partial charge is 0.508 e. The highest BCUT2D eigenvalue weighted by molar-refractivity contribution is 6.46. The summed E-state index contributed by atoms with van der Waals surface area (Å²) in [5, 5.41) is 31.6. The lowest BCUT2D eigenvalue weighted by atomic mass is 9.95. The maximum Gasteiger partial charge on any atom is 0.295 e. The highest BCUT2D eigenvalue weighted by atomic mass is 16.6. The summed E-state index contributed by atoms with van der Waals surface area (Å²) in [5.74, 6) is -2.00. The molecule has 1 heterocycles. The van der Waals surface area contributed by atoms with Crippen molar-refractivity contribution < 1.29 is 24.7 Å². The number of aliphatic hydroxyl groups is 1. The molecule has 156 valence electrons. The van der Waals surface area contributed by atoms with Gasteiger partial charge in [0.25, 0.3) is 17.4 Å². The van der Waals surface area contributed by atoms with Gasteiger partial charge >= 0.3 is 0 Å². The Morgan fingerprint density at radius 3 is 2.47 bits per heavy atom. The second kappa shape index (κ2) is 8.77. The van der Waals surface area contributed by atoms with Gasteiger partial charge in [-0.05, 0) is 24.1 Å². The third-order valence-corrected chi connectivity index (χ3v) is 5.08. The van der Waals surface area contributed by atoms with Crippen LogP contribution < -0.4 is 0 Å². The predicted molar refractivity (Wildman–Crippen MR) is 110 cm³/mol. The van der Waals surface area contributed by atoms with Crippen molar-refractivity contribution in [3.05, 3.63) is 75.3 Å². The van der Waals surface area contributed by atoms with Crippen molar-refractivity contribution in [2.24, 2.45) is 0 Å². The van der Waals surface area contributed by atoms with Crippen LogP contribution in [0, 0.1) is 10.1 Å². The first kappa shape index (κ1) is 21.0. The number of amides is 1. The van der Waals surface area contributed by atoms with Crippen LogP contribution in [-0.4, -0.2) is 38.3 Å². The number of phenolic OH excluding ortho intramolecular Hbond substituents is 1. The fraction of sp³-hybridized carbons (Fsp3) is 0.273. The maximum absolute atomic E-state index is 12.8. The highest BCUT2D eigenvalue weighted by Crippen LogP contribution is 2.40. The zero-order chi connectivity index (χ0) is 21.8. The zero-order valence-electron chi connectivity index (χ0n) is 16.4. The fourth-order valence-corrected chi connectivity index (χ4v) is 3.57. The molecular formula is C22H22N2O6. The van der Waals surface area contributed by atoms with Crippen molar-refractivity contribution in [2.45, 2.75) is 32.2 Å². The molecule has 2 aromatic rings. The lowest BCUT2D eigenvalue weighted by molar-refractivity contribution is -0.384. The average Bonchev–Trinajstić information content (AvgIpc) is 2.99. The van der Waals surface area contributed by atoms with Crippen LogP contribution in [0.3, 0.4) is 0 Å². The first-order valence-electron chi connectivity index (χ1n) is 9.67. The number of nitrogens with zero attached hydrogens (tertiary/aromatic N) is 2. The maximum atomic E-state index is 12.8. The number of aromatic hydroxyl groups is 1. The molecule has 0 bridgehead atoms. The first-order valence-corrected chi connectivity index (χ1v) is 9.67. The standard InChI is InChI=1S/C22H22N2O6/c1-2-3-4-12-23-19(14-8-10-17(25)11-9-14)18(21(27)22(23)28)20(26)15-6-5-7-16(13-15)24(29)30/h5-11,13,19,25-26H,2-4,12H2,1H3/b20-18-. The van der Waals surface area contributed by atoms with E-state index < -0.39 is 28.4 Å². The predicted octanol–water partition coefficient (Wildman–Crippen LogP) is 3.91. The Morgan fingerprint density at radius 1 is 1.13 bits per heavy atom. The first-order chi connectivity index (χ1) is 14.3. The number of nitro groups is 1. The molecule has 3 rings (SSSR count). The van der Waals surface area contributed by atoms with Gasteiger partial charge in [-0.2, -0.15) is 0 Å². The number of hydrogen-bond donors (Lipinski definition) is 2. The van der Waals surface area contributed by atoms with Gasteiger partial charge in [-0.1, -0.05) is 44.0 Å². The Morgan fingerprint density at radius 2 is 1.83 bits per heavy atom. The van der Waals surface area contributed by atoms with E-state index in [1.165, 1.54) is 35.2 Å². The fourth-order valence-electron chi connectivity index (χ4n) is 3.57. The second-order valence-corrected chi connectivity index (χ2v) is 7.10. The van der Waals surface area contributed by atoms with E-state index in [2.05, 4.69) is 0 Å². The lowest BCUT2D eigenvalue weighted by Crippen LogP contribution is -2.30. The summed E-state index contributed by atoms with van der Waals surface area (Å²) < 4.78 is 0. The minimum Gasteiger partial charge on any atom is -0.508 e. The number of benzene rings is 2. The van der Waals surface area contributed by atoms with Gasteiger partial charge in [0.1, 0.15) is 11.5 Å². The molecule has 0 spiro atoms. The molecule has 0 aromatic heterocycles. The van der Waals surface area contributed by atoms with Crippen LogP contribution in [0.2, 0.25) is 0 Å². The number of carbonyl (C=O) groups is 2. The van der Waals surface area contributed by atoms with Crippen molar-refractivity contribution in [1.29, 1.82) is 0 Å². The number of non-ortho nitro benzene ring substituents is 1. The van der Waals surface area contributed by atoms with Crippen LogP contribution in [-0.2, 0) is 9.59 Å². The van der Waals surface area contributed by atoms with Crippen LogP contribution >= 0.6 is 0 Å². The molecule has 0 radical (unpaired) electrons. The monoisotopic (exact) mass is 410 g/mol. The van der Waals surface area contributed by atoms with E-state index in [0.29, 0.717) is 18.5 Å². The number of likely N-dealkylation sites (tertiary alicyclic amines) is 1. The molecule has 1 amide bonds. The van der Waals surface area contributed by atoms with Crippen molar-refractivity contribution in [3.63, 3.8) is 0 Å². The summed E-state index contributed by atoms with van der Waals surface area (Å²) in [7, 11) is 0. The van der Waals surface area contributed by atoms with Crippen LogP contribution in [0.4, 0.5) is 5.69 Å². The Kier molecular flexibility index (Phi) is 6.15. The third-order valence-electron chi connectivity index (χ3n) is 5.08. The van der Waals surface area contributed by atoms with Gasteiger partial charge in [-0.3, -0.25) is 19.7 Å². The molecule has 1 fully saturated rings. The topological polar surface area (TPSA) is 121 Å². The number of nitro benzene ring substituents is 1. The molecule has 1 aliphatic heterocycles. The number of ketones is 1. The summed E-state index contributed by atoms with van der Waals surface area (Å²) >= 11 is 0. The average molecular weight is 410 g/mol. The Balaban J connectivity index is 2.13. The summed E-state index contributed by atoms with van der Waals surface area (Å²) in [6.07, 6.45) is 2.49. The molecule has 1 atom stereocenters. The molecule has 0 aliphatic carbocycles. The van der Waals surface area contributed by atoms with E-state index in [4.69, 9.17) is 0 Å². The van der Waals surface area contributed by atoms with Crippen LogP contribution in [0.25, 0.3) is 5.76 Å². The SMILES string of the molecule is CCCCCN1C(=O)C(=O)/C(=C(\O)c2cccc([N+](=O)[O-])c2)C1c1ccc(O)cc1. The molecule has 2 N–H and O–H groups in total. The molecule has 0 saturated carbocycles. The molecule has 2 aromatic carbocycles. The Bertz CT molecular complexity index is 1010. The lowest BCUT2D eigenvalue weighted by Gasteiger charge is -2.25. The van der Waals surface area contributed by atoms with E-state index in [1.807, 2.05) is 6.92 Å².